The molecular weight excluding hydrogens is 257 g/mol. The summed E-state index contributed by atoms with van der Waals surface area (Å²) in [7, 11) is 0. The van der Waals surface area contributed by atoms with Crippen molar-refractivity contribution in [3.8, 4) is 0 Å². The molecule has 2 N–H and O–H groups in total. The number of hydrogen-bond acceptors (Lipinski definition) is 2. The average molecular weight is 276 g/mol. The molecule has 96 valence electrons. The lowest BCUT2D eigenvalue weighted by Crippen LogP contribution is -2.16. The van der Waals surface area contributed by atoms with E-state index in [0.717, 1.165) is 31.5 Å². The Bertz CT molecular complexity index is 324. The van der Waals surface area contributed by atoms with E-state index in [9.17, 15) is 0 Å². The van der Waals surface area contributed by atoms with Gasteiger partial charge >= 0.3 is 0 Å². The monoisotopic (exact) mass is 275 g/mol. The van der Waals surface area contributed by atoms with Crippen molar-refractivity contribution >= 4 is 23.2 Å². The highest BCUT2D eigenvalue weighted by atomic mass is 35.5. The fourth-order valence-electron chi connectivity index (χ4n) is 1.61. The molecular formula is C13H19Cl2NO. The molecule has 0 saturated heterocycles. The van der Waals surface area contributed by atoms with Crippen LogP contribution in [0.2, 0.25) is 10.0 Å². The smallest absolute Gasteiger partial charge is 0.0456 e. The van der Waals surface area contributed by atoms with E-state index in [1.165, 1.54) is 0 Å². The highest BCUT2D eigenvalue weighted by Gasteiger charge is 2.00. The quantitative estimate of drug-likeness (QED) is 0.747. The zero-order valence-corrected chi connectivity index (χ0v) is 11.6. The molecule has 1 unspecified atom stereocenters. The predicted octanol–water partition coefficient (Wildman–Crippen LogP) is 3.49. The molecule has 4 heteroatoms. The Morgan fingerprint density at radius 1 is 1.24 bits per heavy atom. The van der Waals surface area contributed by atoms with Gasteiger partial charge in [-0.25, -0.2) is 0 Å². The van der Waals surface area contributed by atoms with Crippen LogP contribution in [0.4, 0.5) is 0 Å². The number of halogens is 2. The second kappa shape index (κ2) is 7.93. The highest BCUT2D eigenvalue weighted by molar-refractivity contribution is 6.34. The third-order valence-electron chi connectivity index (χ3n) is 2.61. The van der Waals surface area contributed by atoms with Crippen LogP contribution in [0.15, 0.2) is 18.2 Å². The van der Waals surface area contributed by atoms with Crippen molar-refractivity contribution in [2.24, 2.45) is 5.92 Å². The molecule has 2 nitrogen and oxygen atoms in total. The van der Waals surface area contributed by atoms with Crippen LogP contribution in [-0.4, -0.2) is 18.3 Å². The SMILES string of the molecule is CC(CO)CCCNCc1cc(Cl)cc(Cl)c1. The van der Waals surface area contributed by atoms with Crippen LogP contribution in [0.5, 0.6) is 0 Å². The van der Waals surface area contributed by atoms with Crippen LogP contribution < -0.4 is 5.32 Å². The first kappa shape index (κ1) is 14.8. The lowest BCUT2D eigenvalue weighted by Gasteiger charge is -2.08. The minimum absolute atomic E-state index is 0.268. The van der Waals surface area contributed by atoms with Gasteiger partial charge in [0.2, 0.25) is 0 Å². The topological polar surface area (TPSA) is 32.3 Å². The molecule has 0 saturated carbocycles. The molecule has 0 spiro atoms. The van der Waals surface area contributed by atoms with Crippen LogP contribution >= 0.6 is 23.2 Å². The van der Waals surface area contributed by atoms with Gasteiger partial charge in [0.1, 0.15) is 0 Å². The Morgan fingerprint density at radius 3 is 2.47 bits per heavy atom. The van der Waals surface area contributed by atoms with E-state index in [1.807, 2.05) is 12.1 Å². The number of hydrogen-bond donors (Lipinski definition) is 2. The van der Waals surface area contributed by atoms with Crippen molar-refractivity contribution in [2.75, 3.05) is 13.2 Å². The maximum Gasteiger partial charge on any atom is 0.0456 e. The summed E-state index contributed by atoms with van der Waals surface area (Å²) in [6.45, 7) is 4.03. The van der Waals surface area contributed by atoms with Crippen molar-refractivity contribution < 1.29 is 5.11 Å². The molecule has 0 aliphatic rings. The fraction of sp³-hybridized carbons (Fsp3) is 0.538. The maximum atomic E-state index is 8.88. The van der Waals surface area contributed by atoms with Crippen molar-refractivity contribution in [2.45, 2.75) is 26.3 Å². The fourth-order valence-corrected chi connectivity index (χ4v) is 2.18. The van der Waals surface area contributed by atoms with Crippen molar-refractivity contribution in [1.82, 2.24) is 5.32 Å². The highest BCUT2D eigenvalue weighted by Crippen LogP contribution is 2.18. The molecule has 0 aliphatic heterocycles. The molecule has 0 radical (unpaired) electrons. The summed E-state index contributed by atoms with van der Waals surface area (Å²) in [6.07, 6.45) is 2.11. The number of aliphatic hydroxyl groups excluding tert-OH is 1. The summed E-state index contributed by atoms with van der Waals surface area (Å²) in [4.78, 5) is 0. The van der Waals surface area contributed by atoms with E-state index in [-0.39, 0.29) is 6.61 Å². The van der Waals surface area contributed by atoms with Gasteiger partial charge in [-0.2, -0.15) is 0 Å². The minimum atomic E-state index is 0.268. The molecule has 17 heavy (non-hydrogen) atoms. The summed E-state index contributed by atoms with van der Waals surface area (Å²) in [6, 6.07) is 5.56. The van der Waals surface area contributed by atoms with E-state index in [1.54, 1.807) is 6.07 Å². The minimum Gasteiger partial charge on any atom is -0.396 e. The van der Waals surface area contributed by atoms with Gasteiger partial charge in [0, 0.05) is 23.2 Å². The average Bonchev–Trinajstić information content (AvgIpc) is 2.27. The molecule has 1 atom stereocenters. The molecule has 0 fully saturated rings. The van der Waals surface area contributed by atoms with Crippen LogP contribution in [0.1, 0.15) is 25.3 Å². The van der Waals surface area contributed by atoms with Gasteiger partial charge in [0.15, 0.2) is 0 Å². The third kappa shape index (κ3) is 6.27. The summed E-state index contributed by atoms with van der Waals surface area (Å²) < 4.78 is 0. The molecule has 0 aromatic heterocycles. The summed E-state index contributed by atoms with van der Waals surface area (Å²) in [5.74, 6) is 0.386. The standard InChI is InChI=1S/C13H19Cl2NO/c1-10(9-17)3-2-4-16-8-11-5-12(14)7-13(15)6-11/h5-7,10,16-17H,2-4,8-9H2,1H3. The number of nitrogens with one attached hydrogen (secondary N) is 1. The molecule has 1 rings (SSSR count). The molecule has 0 aliphatic carbocycles. The normalized spacial score (nSPS) is 12.7. The maximum absolute atomic E-state index is 8.88. The first-order chi connectivity index (χ1) is 8.11. The van der Waals surface area contributed by atoms with E-state index in [2.05, 4.69) is 12.2 Å². The van der Waals surface area contributed by atoms with Crippen LogP contribution in [0, 0.1) is 5.92 Å². The van der Waals surface area contributed by atoms with Crippen LogP contribution in [0.3, 0.4) is 0 Å². The summed E-state index contributed by atoms with van der Waals surface area (Å²) in [5, 5.41) is 13.6. The van der Waals surface area contributed by atoms with Gasteiger partial charge in [-0.3, -0.25) is 0 Å². The Morgan fingerprint density at radius 2 is 1.88 bits per heavy atom. The Kier molecular flexibility index (Phi) is 6.90. The molecule has 0 bridgehead atoms. The molecule has 1 aromatic rings. The lowest BCUT2D eigenvalue weighted by atomic mass is 10.1. The summed E-state index contributed by atoms with van der Waals surface area (Å²) >= 11 is 11.8. The number of aliphatic hydroxyl groups is 1. The second-order valence-corrected chi connectivity index (χ2v) is 5.26. The van der Waals surface area contributed by atoms with Gasteiger partial charge in [-0.1, -0.05) is 30.1 Å². The first-order valence-electron chi connectivity index (χ1n) is 5.88. The van der Waals surface area contributed by atoms with E-state index in [0.29, 0.717) is 16.0 Å². The van der Waals surface area contributed by atoms with Gasteiger partial charge < -0.3 is 10.4 Å². The van der Waals surface area contributed by atoms with Gasteiger partial charge in [-0.05, 0) is 49.1 Å². The summed E-state index contributed by atoms with van der Waals surface area (Å²) in [5.41, 5.74) is 1.10. The largest absolute Gasteiger partial charge is 0.396 e. The number of benzene rings is 1. The van der Waals surface area contributed by atoms with Crippen LogP contribution in [-0.2, 0) is 6.54 Å². The predicted molar refractivity (Wildman–Crippen MR) is 73.7 cm³/mol. The lowest BCUT2D eigenvalue weighted by molar-refractivity contribution is 0.228. The molecule has 1 aromatic carbocycles. The molecule has 0 amide bonds. The zero-order valence-electron chi connectivity index (χ0n) is 10.0. The van der Waals surface area contributed by atoms with Crippen LogP contribution in [0.25, 0.3) is 0 Å². The van der Waals surface area contributed by atoms with Gasteiger partial charge in [0.25, 0.3) is 0 Å². The van der Waals surface area contributed by atoms with E-state index < -0.39 is 0 Å². The Labute approximate surface area is 113 Å². The van der Waals surface area contributed by atoms with Crippen molar-refractivity contribution in [3.63, 3.8) is 0 Å². The second-order valence-electron chi connectivity index (χ2n) is 4.38. The van der Waals surface area contributed by atoms with Gasteiger partial charge in [-0.15, -0.1) is 0 Å². The molecule has 0 heterocycles. The van der Waals surface area contributed by atoms with E-state index >= 15 is 0 Å². The zero-order chi connectivity index (χ0) is 12.7. The first-order valence-corrected chi connectivity index (χ1v) is 6.64. The van der Waals surface area contributed by atoms with Crippen molar-refractivity contribution in [3.05, 3.63) is 33.8 Å². The third-order valence-corrected chi connectivity index (χ3v) is 3.05. The Hall–Kier alpha value is -0.280. The number of rotatable bonds is 7. The van der Waals surface area contributed by atoms with Crippen molar-refractivity contribution in [1.29, 1.82) is 0 Å². The Balaban J connectivity index is 2.22. The van der Waals surface area contributed by atoms with Gasteiger partial charge in [0.05, 0.1) is 0 Å². The van der Waals surface area contributed by atoms with E-state index in [4.69, 9.17) is 28.3 Å².